The molecule has 1 aromatic heterocycles. The van der Waals surface area contributed by atoms with Gasteiger partial charge >= 0.3 is 0 Å². The third-order valence-corrected chi connectivity index (χ3v) is 16.3. The maximum absolute atomic E-state index is 5.54. The molecule has 5 aromatic carbocycles. The van der Waals surface area contributed by atoms with Gasteiger partial charge in [-0.15, -0.1) is 0 Å². The first-order chi connectivity index (χ1) is 36.4. The Morgan fingerprint density at radius 1 is 0.526 bits per heavy atom. The van der Waals surface area contributed by atoms with Crippen molar-refractivity contribution in [3.63, 3.8) is 0 Å². The van der Waals surface area contributed by atoms with Crippen molar-refractivity contribution < 1.29 is 0 Å². The van der Waals surface area contributed by atoms with Crippen LogP contribution in [-0.4, -0.2) is 4.98 Å². The molecule has 0 fully saturated rings. The number of allylic oxidation sites excluding steroid dienone is 5. The highest BCUT2D eigenvalue weighted by atomic mass is 14.7. The number of fused-ring (bicyclic) bond motifs is 4. The molecule has 7 rings (SSSR count). The van der Waals surface area contributed by atoms with E-state index in [9.17, 15) is 0 Å². The fourth-order valence-corrected chi connectivity index (χ4v) is 11.1. The molecule has 1 heterocycles. The van der Waals surface area contributed by atoms with Gasteiger partial charge in [-0.2, -0.15) is 0 Å². The molecule has 0 saturated heterocycles. The smallest absolute Gasteiger partial charge is 0.0788 e. The van der Waals surface area contributed by atoms with Gasteiger partial charge in [-0.25, -0.2) is 4.98 Å². The predicted octanol–water partition coefficient (Wildman–Crippen LogP) is 23.5. The minimum atomic E-state index is 0.152. The Balaban J connectivity index is 0.000000281. The lowest BCUT2D eigenvalue weighted by atomic mass is 9.69. The summed E-state index contributed by atoms with van der Waals surface area (Å²) < 4.78 is 0. The number of hydrogen-bond donors (Lipinski definition) is 0. The fraction of sp³-hybridized carbons (Fsp3) is 0.480. The monoisotopic (exact) mass is 1020 g/mol. The molecule has 0 amide bonds. The molecule has 1 aliphatic rings. The number of aryl methyl sites for hydroxylation is 3. The molecule has 0 bridgehead atoms. The van der Waals surface area contributed by atoms with Crippen LogP contribution in [0.3, 0.4) is 0 Å². The summed E-state index contributed by atoms with van der Waals surface area (Å²) >= 11 is 0. The SMILES string of the molecule is C=C(C)c1ccc2c(c1)C(CCCCCC)(CCCCCC)c1cc(C(C)(C)C)ccc1-2.CC.CCCCc1ccc(/C(C)=C/C=C(\C)C(C)(C)C)c2cc(-c3ccc(CCC)cc3)c(-c3ccc(CCC)cc3)nc12. The highest BCUT2D eigenvalue weighted by Crippen LogP contribution is 2.55. The molecule has 0 radical (unpaired) electrons. The van der Waals surface area contributed by atoms with Gasteiger partial charge < -0.3 is 0 Å². The van der Waals surface area contributed by atoms with E-state index >= 15 is 0 Å². The number of unbranched alkanes of at least 4 members (excludes halogenated alkanes) is 7. The number of rotatable bonds is 22. The molecular weight excluding hydrogens is 915 g/mol. The zero-order chi connectivity index (χ0) is 55.6. The van der Waals surface area contributed by atoms with Crippen LogP contribution in [-0.2, 0) is 30.1 Å². The summed E-state index contributed by atoms with van der Waals surface area (Å²) in [5.41, 5.74) is 24.4. The lowest BCUT2D eigenvalue weighted by Gasteiger charge is -2.34. The average molecular weight is 1020 g/mol. The van der Waals surface area contributed by atoms with Crippen molar-refractivity contribution in [3.8, 4) is 33.5 Å². The normalized spacial score (nSPS) is 13.2. The summed E-state index contributed by atoms with van der Waals surface area (Å²) in [6.45, 7) is 40.1. The summed E-state index contributed by atoms with van der Waals surface area (Å²) in [4.78, 5) is 5.54. The van der Waals surface area contributed by atoms with E-state index in [4.69, 9.17) is 4.98 Å². The van der Waals surface area contributed by atoms with Gasteiger partial charge in [0.05, 0.1) is 11.2 Å². The minimum absolute atomic E-state index is 0.152. The van der Waals surface area contributed by atoms with Gasteiger partial charge in [0.1, 0.15) is 0 Å². The van der Waals surface area contributed by atoms with Crippen molar-refractivity contribution in [3.05, 3.63) is 172 Å². The minimum Gasteiger partial charge on any atom is -0.247 e. The molecule has 1 heteroatoms. The molecule has 0 saturated carbocycles. The summed E-state index contributed by atoms with van der Waals surface area (Å²) in [6.07, 6.45) is 25.7. The van der Waals surface area contributed by atoms with E-state index in [0.29, 0.717) is 0 Å². The summed E-state index contributed by atoms with van der Waals surface area (Å²) in [5, 5.41) is 1.25. The fourth-order valence-electron chi connectivity index (χ4n) is 11.1. The van der Waals surface area contributed by atoms with Crippen molar-refractivity contribution in [2.24, 2.45) is 5.41 Å². The van der Waals surface area contributed by atoms with Crippen molar-refractivity contribution >= 4 is 22.0 Å². The number of pyridine rings is 1. The average Bonchev–Trinajstić information content (AvgIpc) is 3.76. The Labute approximate surface area is 466 Å². The Hall–Kier alpha value is -5.27. The second-order valence-corrected chi connectivity index (χ2v) is 24.3. The number of nitrogens with zero attached hydrogens (tertiary/aromatic N) is 1. The Kier molecular flexibility index (Phi) is 23.4. The maximum atomic E-state index is 5.54. The molecule has 6 aromatic rings. The molecule has 0 unspecified atom stereocenters. The highest BCUT2D eigenvalue weighted by molar-refractivity contribution is 5.99. The standard InChI is InChI=1S/C41H51N.C32H46.C2H6/c1-9-12-15-34-26-27-36(29(4)16-17-30(5)41(6,7)8)38-28-37(33-22-18-31(13-10-2)19-23-33)39(42-40(34)38)35-24-20-32(14-11-3)21-25-35;1-8-10-12-14-20-32(21-15-13-11-9-2)29-22-25(24(3)4)16-18-27(29)28-19-17-26(23-30(28)32)31(5,6)7;1-2/h16-28H,9-15H2,1-8H3;16-19,22-23H,3,8-15,20-21H2,1-2,4-7H3;1-2H3/b29-16+,30-17+;;. The topological polar surface area (TPSA) is 12.9 Å². The zero-order valence-corrected chi connectivity index (χ0v) is 51.1. The predicted molar refractivity (Wildman–Crippen MR) is 341 cm³/mol. The van der Waals surface area contributed by atoms with Gasteiger partial charge in [-0.05, 0) is 149 Å². The summed E-state index contributed by atoms with van der Waals surface area (Å²) in [6, 6.07) is 39.9. The van der Waals surface area contributed by atoms with Gasteiger partial charge in [0.2, 0.25) is 0 Å². The Morgan fingerprint density at radius 3 is 1.58 bits per heavy atom. The molecule has 0 atom stereocenters. The number of benzene rings is 5. The second-order valence-electron chi connectivity index (χ2n) is 24.3. The lowest BCUT2D eigenvalue weighted by Crippen LogP contribution is -2.26. The van der Waals surface area contributed by atoms with E-state index in [1.165, 1.54) is 160 Å². The zero-order valence-electron chi connectivity index (χ0n) is 51.1. The van der Waals surface area contributed by atoms with Crippen LogP contribution in [0.15, 0.2) is 127 Å². The van der Waals surface area contributed by atoms with E-state index in [-0.39, 0.29) is 16.2 Å². The van der Waals surface area contributed by atoms with Gasteiger partial charge in [-0.1, -0.05) is 282 Å². The van der Waals surface area contributed by atoms with Crippen molar-refractivity contribution in [1.82, 2.24) is 4.98 Å². The second kappa shape index (κ2) is 28.9. The molecule has 1 aliphatic carbocycles. The van der Waals surface area contributed by atoms with Gasteiger partial charge in [0, 0.05) is 21.9 Å². The van der Waals surface area contributed by atoms with E-state index in [1.54, 1.807) is 11.1 Å². The summed E-state index contributed by atoms with van der Waals surface area (Å²) in [5.74, 6) is 0. The van der Waals surface area contributed by atoms with Crippen LogP contribution in [0.25, 0.3) is 55.6 Å². The van der Waals surface area contributed by atoms with Crippen LogP contribution in [0.5, 0.6) is 0 Å². The van der Waals surface area contributed by atoms with Crippen LogP contribution >= 0.6 is 0 Å². The van der Waals surface area contributed by atoms with Crippen molar-refractivity contribution in [1.29, 1.82) is 0 Å². The first kappa shape index (κ1) is 61.6. The van der Waals surface area contributed by atoms with Crippen molar-refractivity contribution in [2.75, 3.05) is 0 Å². The maximum Gasteiger partial charge on any atom is 0.0788 e. The first-order valence-corrected chi connectivity index (χ1v) is 30.4. The number of hydrogen-bond acceptors (Lipinski definition) is 1. The van der Waals surface area contributed by atoms with Gasteiger partial charge in [0.25, 0.3) is 0 Å². The first-order valence-electron chi connectivity index (χ1n) is 30.4. The number of aromatic nitrogens is 1. The molecule has 1 nitrogen and oxygen atoms in total. The Morgan fingerprint density at radius 2 is 1.07 bits per heavy atom. The third-order valence-electron chi connectivity index (χ3n) is 16.3. The molecular formula is C75H103N. The molecule has 76 heavy (non-hydrogen) atoms. The van der Waals surface area contributed by atoms with Gasteiger partial charge in [0.15, 0.2) is 0 Å². The van der Waals surface area contributed by atoms with Crippen molar-refractivity contribution in [2.45, 2.75) is 231 Å². The van der Waals surface area contributed by atoms with Crippen LogP contribution in [0.2, 0.25) is 0 Å². The third kappa shape index (κ3) is 15.5. The van der Waals surface area contributed by atoms with E-state index in [1.807, 2.05) is 13.8 Å². The van der Waals surface area contributed by atoms with E-state index in [0.717, 1.165) is 43.3 Å². The van der Waals surface area contributed by atoms with Crippen LogP contribution < -0.4 is 0 Å². The van der Waals surface area contributed by atoms with Crippen LogP contribution in [0, 0.1) is 5.41 Å². The molecule has 408 valence electrons. The highest BCUT2D eigenvalue weighted by Gasteiger charge is 2.43. The van der Waals surface area contributed by atoms with Crippen LogP contribution in [0.4, 0.5) is 0 Å². The molecule has 0 aliphatic heterocycles. The lowest BCUT2D eigenvalue weighted by molar-refractivity contribution is 0.400. The summed E-state index contributed by atoms with van der Waals surface area (Å²) in [7, 11) is 0. The quantitative estimate of drug-likeness (QED) is 0.0488. The molecule has 0 N–H and O–H groups in total. The van der Waals surface area contributed by atoms with Crippen LogP contribution in [0.1, 0.15) is 245 Å². The Bertz CT molecular complexity index is 2830. The van der Waals surface area contributed by atoms with E-state index < -0.39 is 0 Å². The largest absolute Gasteiger partial charge is 0.247 e. The van der Waals surface area contributed by atoms with E-state index in [2.05, 4.69) is 219 Å². The molecule has 0 spiro atoms. The van der Waals surface area contributed by atoms with Gasteiger partial charge in [-0.3, -0.25) is 0 Å².